The predicted molar refractivity (Wildman–Crippen MR) is 145 cm³/mol. The largest absolute Gasteiger partial charge is 0.472 e. The Bertz CT molecular complexity index is 1890. The summed E-state index contributed by atoms with van der Waals surface area (Å²) in [6.45, 7) is -1.90. The molecule has 46 heavy (non-hydrogen) atoms. The zero-order valence-corrected chi connectivity index (χ0v) is 24.9. The molecule has 4 fully saturated rings. The van der Waals surface area contributed by atoms with Crippen molar-refractivity contribution in [1.82, 2.24) is 24.1 Å². The van der Waals surface area contributed by atoms with Gasteiger partial charge in [-0.05, 0) is 0 Å². The number of ether oxygens (including phenoxy) is 3. The molecule has 10 atom stereocenters. The summed E-state index contributed by atoms with van der Waals surface area (Å²) in [5, 5.41) is 11.1. The lowest BCUT2D eigenvalue weighted by molar-refractivity contribution is -0.184. The molecular formula is C23H24FN7O13P2. The standard InChI is InChI=1S/C23H24FN7O13P2/c24-9-3-30(19-12(9)10(32)1-2-26-19)21-15-14(33)11(41-21)4-39-45(34,35)44-17-16-22(31-8-29-13-18(25)27-7-28-20(13)31)42-23(17,5-38-16)6-40-46(36,37)43-15/h2-3,7-8,11,14-17,21-22,33H,1,4-6H2,(H,34,35)(H,36,37)(H2,25,27,28)/t11-,14-,15-,16-,17+,21-,22-,23-/m1/s1. The van der Waals surface area contributed by atoms with E-state index < -0.39 is 89.0 Å². The number of halogens is 1. The number of aromatic nitrogens is 5. The SMILES string of the molecule is Nc1ncnc2c1ncn2[C@@H]1O[C@@]23CO[C@@H]1[C@@H]2OP(=O)(O)OC[C@H]1O[C@@H](n2cc(F)c4c2N=CCC4=O)[C@H](OP(=O)(O)OC3)[C@@H]1O. The van der Waals surface area contributed by atoms with Crippen LogP contribution in [0.25, 0.3) is 11.2 Å². The van der Waals surface area contributed by atoms with Crippen LogP contribution in [0.15, 0.2) is 23.8 Å². The Morgan fingerprint density at radius 3 is 2.67 bits per heavy atom. The quantitative estimate of drug-likeness (QED) is 0.264. The number of hydrogen-bond acceptors (Lipinski definition) is 16. The lowest BCUT2D eigenvalue weighted by atomic mass is 10.0. The minimum Gasteiger partial charge on any atom is -0.387 e. The summed E-state index contributed by atoms with van der Waals surface area (Å²) in [5.74, 6) is -1.63. The first kappa shape index (κ1) is 30.3. The van der Waals surface area contributed by atoms with Crippen LogP contribution in [0.3, 0.4) is 0 Å². The summed E-state index contributed by atoms with van der Waals surface area (Å²) in [4.78, 5) is 50.3. The number of carbonyl (C=O) groups excluding carboxylic acids is 1. The third kappa shape index (κ3) is 4.70. The molecule has 5 aliphatic rings. The number of aliphatic imine (C=N–C) groups is 1. The zero-order valence-electron chi connectivity index (χ0n) is 23.1. The third-order valence-electron chi connectivity index (χ3n) is 8.33. The van der Waals surface area contributed by atoms with Crippen LogP contribution in [0.2, 0.25) is 0 Å². The van der Waals surface area contributed by atoms with Crippen molar-refractivity contribution in [3.8, 4) is 0 Å². The van der Waals surface area contributed by atoms with Crippen molar-refractivity contribution in [1.29, 1.82) is 0 Å². The average molecular weight is 687 g/mol. The number of nitrogens with zero attached hydrogens (tertiary/aromatic N) is 6. The molecule has 3 aromatic rings. The maximum atomic E-state index is 14.8. The second-order valence-corrected chi connectivity index (χ2v) is 13.9. The van der Waals surface area contributed by atoms with Crippen molar-refractivity contribution >= 4 is 50.4 Å². The fourth-order valence-corrected chi connectivity index (χ4v) is 8.20. The van der Waals surface area contributed by atoms with E-state index in [0.29, 0.717) is 0 Å². The van der Waals surface area contributed by atoms with E-state index >= 15 is 0 Å². The molecule has 4 saturated heterocycles. The van der Waals surface area contributed by atoms with Crippen molar-refractivity contribution in [3.63, 3.8) is 0 Å². The first-order valence-corrected chi connectivity index (χ1v) is 16.7. The number of fused-ring (bicyclic) bond motifs is 4. The smallest absolute Gasteiger partial charge is 0.387 e. The highest BCUT2D eigenvalue weighted by Gasteiger charge is 2.66. The molecule has 0 saturated carbocycles. The molecule has 0 spiro atoms. The maximum absolute atomic E-state index is 14.8. The predicted octanol–water partition coefficient (Wildman–Crippen LogP) is 0.281. The number of anilines is 1. The number of nitrogens with two attached hydrogens (primary N) is 1. The highest BCUT2D eigenvalue weighted by Crippen LogP contribution is 2.58. The fraction of sp³-hybridized carbons (Fsp3) is 0.522. The van der Waals surface area contributed by atoms with Gasteiger partial charge in [0.25, 0.3) is 0 Å². The molecule has 0 aromatic carbocycles. The Morgan fingerprint density at radius 1 is 1.04 bits per heavy atom. The zero-order chi connectivity index (χ0) is 32.2. The summed E-state index contributed by atoms with van der Waals surface area (Å²) in [6, 6.07) is 0. The molecule has 0 amide bonds. The number of phosphoric acid groups is 2. The number of Topliss-reactive ketones (excluding diaryl/α,β-unsaturated/α-hetero) is 1. The second-order valence-electron chi connectivity index (χ2n) is 11.1. The van der Waals surface area contributed by atoms with Gasteiger partial charge < -0.3 is 39.4 Å². The van der Waals surface area contributed by atoms with Crippen molar-refractivity contribution in [2.75, 3.05) is 25.6 Å². The number of rotatable bonds is 2. The Morgan fingerprint density at radius 2 is 1.85 bits per heavy atom. The van der Waals surface area contributed by atoms with E-state index in [1.165, 1.54) is 23.4 Å². The summed E-state index contributed by atoms with van der Waals surface area (Å²) in [6.07, 6.45) is -5.74. The molecule has 0 aliphatic carbocycles. The van der Waals surface area contributed by atoms with Crippen molar-refractivity contribution in [2.24, 2.45) is 4.99 Å². The molecule has 8 heterocycles. The maximum Gasteiger partial charge on any atom is 0.472 e. The monoisotopic (exact) mass is 687 g/mol. The highest BCUT2D eigenvalue weighted by molar-refractivity contribution is 7.47. The molecular weight excluding hydrogens is 663 g/mol. The Balaban J connectivity index is 1.13. The summed E-state index contributed by atoms with van der Waals surface area (Å²) in [5.41, 5.74) is 4.26. The van der Waals surface area contributed by atoms with Crippen LogP contribution in [-0.4, -0.2) is 107 Å². The van der Waals surface area contributed by atoms with Crippen molar-refractivity contribution in [3.05, 3.63) is 30.2 Å². The lowest BCUT2D eigenvalue weighted by Crippen LogP contribution is -2.45. The number of carbonyl (C=O) groups is 1. The van der Waals surface area contributed by atoms with E-state index in [4.69, 9.17) is 38.0 Å². The van der Waals surface area contributed by atoms with Crippen LogP contribution in [0, 0.1) is 5.82 Å². The van der Waals surface area contributed by atoms with Crippen LogP contribution >= 0.6 is 15.6 Å². The summed E-state index contributed by atoms with van der Waals surface area (Å²) in [7, 11) is -10.2. The van der Waals surface area contributed by atoms with Crippen LogP contribution in [-0.2, 0) is 41.4 Å². The number of nitrogen functional groups attached to an aromatic ring is 1. The Labute approximate surface area is 256 Å². The molecule has 2 unspecified atom stereocenters. The Hall–Kier alpha value is -3.04. The topological polar surface area (TPSA) is 263 Å². The van der Waals surface area contributed by atoms with E-state index in [-0.39, 0.29) is 41.4 Å². The minimum atomic E-state index is -5.14. The third-order valence-corrected chi connectivity index (χ3v) is 10.3. The van der Waals surface area contributed by atoms with Crippen LogP contribution in [0.5, 0.6) is 0 Å². The van der Waals surface area contributed by atoms with Crippen molar-refractivity contribution < 1.29 is 65.5 Å². The van der Waals surface area contributed by atoms with Gasteiger partial charge in [0.1, 0.15) is 53.8 Å². The van der Waals surface area contributed by atoms with Gasteiger partial charge in [-0.2, -0.15) is 0 Å². The van der Waals surface area contributed by atoms with Gasteiger partial charge in [-0.1, -0.05) is 0 Å². The second kappa shape index (κ2) is 10.5. The van der Waals surface area contributed by atoms with Crippen LogP contribution < -0.4 is 5.73 Å². The van der Waals surface area contributed by atoms with E-state index in [1.54, 1.807) is 0 Å². The van der Waals surface area contributed by atoms with Gasteiger partial charge in [0.2, 0.25) is 0 Å². The van der Waals surface area contributed by atoms with Gasteiger partial charge >= 0.3 is 15.6 Å². The van der Waals surface area contributed by atoms with E-state index in [0.717, 1.165) is 10.8 Å². The van der Waals surface area contributed by atoms with E-state index in [1.807, 2.05) is 0 Å². The van der Waals surface area contributed by atoms with Gasteiger partial charge in [0, 0.05) is 18.8 Å². The number of aliphatic hydroxyl groups is 1. The number of hydrogen-bond donors (Lipinski definition) is 4. The first-order valence-electron chi connectivity index (χ1n) is 13.7. The number of phosphoric ester groups is 2. The van der Waals surface area contributed by atoms with Gasteiger partial charge in [0.15, 0.2) is 35.5 Å². The summed E-state index contributed by atoms with van der Waals surface area (Å²) >= 11 is 0. The lowest BCUT2D eigenvalue weighted by Gasteiger charge is -2.32. The molecule has 20 nitrogen and oxygen atoms in total. The van der Waals surface area contributed by atoms with Crippen LogP contribution in [0.1, 0.15) is 29.2 Å². The average Bonchev–Trinajstić information content (AvgIpc) is 3.80. The summed E-state index contributed by atoms with van der Waals surface area (Å²) < 4.78 is 83.2. The minimum absolute atomic E-state index is 0.0821. The van der Waals surface area contributed by atoms with Gasteiger partial charge in [-0.25, -0.2) is 33.5 Å². The normalized spacial score (nSPS) is 40.8. The number of imidazole rings is 1. The number of aliphatic hydroxyl groups excluding tert-OH is 1. The van der Waals surface area contributed by atoms with Crippen molar-refractivity contribution in [2.45, 2.75) is 55.0 Å². The molecule has 23 heteroatoms. The molecule has 4 bridgehead atoms. The Kier molecular flexibility index (Phi) is 6.90. The van der Waals surface area contributed by atoms with Gasteiger partial charge in [-0.3, -0.25) is 27.5 Å². The highest BCUT2D eigenvalue weighted by atomic mass is 31.2. The first-order chi connectivity index (χ1) is 21.9. The van der Waals surface area contributed by atoms with Gasteiger partial charge in [-0.15, -0.1) is 0 Å². The molecule has 246 valence electrons. The number of ketones is 1. The molecule has 5 aliphatic heterocycles. The molecule has 0 radical (unpaired) electrons. The molecule has 5 N–H and O–H groups in total. The fourth-order valence-electron chi connectivity index (χ4n) is 6.23. The van der Waals surface area contributed by atoms with E-state index in [9.17, 15) is 33.2 Å². The molecule has 8 rings (SSSR count). The van der Waals surface area contributed by atoms with Gasteiger partial charge in [0.05, 0.1) is 31.7 Å². The van der Waals surface area contributed by atoms with E-state index in [2.05, 4.69) is 19.9 Å². The van der Waals surface area contributed by atoms with Crippen LogP contribution in [0.4, 0.5) is 16.0 Å². The molecule has 3 aromatic heterocycles.